The predicted octanol–water partition coefficient (Wildman–Crippen LogP) is 2.22. The summed E-state index contributed by atoms with van der Waals surface area (Å²) in [6, 6.07) is 0.770. The number of aromatic nitrogens is 3. The van der Waals surface area contributed by atoms with Gasteiger partial charge in [-0.2, -0.15) is 0 Å². The van der Waals surface area contributed by atoms with Crippen LogP contribution in [0.2, 0.25) is 0 Å². The molecule has 2 amide bonds. The monoisotopic (exact) mass is 382 g/mol. The van der Waals surface area contributed by atoms with E-state index in [9.17, 15) is 9.59 Å². The van der Waals surface area contributed by atoms with E-state index in [1.807, 2.05) is 18.7 Å². The number of carbonyl (C=O) groups excluding carboxylic acids is 2. The topological polar surface area (TPSA) is 103 Å². The number of carbonyl (C=O) groups is 2. The van der Waals surface area contributed by atoms with Crippen molar-refractivity contribution in [3.63, 3.8) is 0 Å². The van der Waals surface area contributed by atoms with Crippen LogP contribution in [0.15, 0.2) is 25.0 Å². The minimum atomic E-state index is -0.165. The smallest absolute Gasteiger partial charge is 0.255 e. The summed E-state index contributed by atoms with van der Waals surface area (Å²) in [5, 5.41) is 6.35. The van der Waals surface area contributed by atoms with Gasteiger partial charge in [-0.15, -0.1) is 0 Å². The molecule has 0 spiro atoms. The molecule has 0 aromatic carbocycles. The van der Waals surface area contributed by atoms with E-state index in [4.69, 9.17) is 0 Å². The highest BCUT2D eigenvalue weighted by molar-refractivity contribution is 6.04. The number of rotatable bonds is 5. The fourth-order valence-corrected chi connectivity index (χ4v) is 4.44. The van der Waals surface area contributed by atoms with Crippen LogP contribution in [0.4, 0.5) is 5.82 Å². The van der Waals surface area contributed by atoms with Crippen molar-refractivity contribution >= 4 is 28.8 Å². The number of nitrogens with zero attached hydrogens (tertiary/aromatic N) is 3. The van der Waals surface area contributed by atoms with Gasteiger partial charge in [0.05, 0.1) is 11.8 Å². The molecule has 2 aromatic rings. The molecule has 8 nitrogen and oxygen atoms in total. The third-order valence-corrected chi connectivity index (χ3v) is 5.56. The lowest BCUT2D eigenvalue weighted by molar-refractivity contribution is -0.130. The van der Waals surface area contributed by atoms with Crippen molar-refractivity contribution in [1.29, 1.82) is 0 Å². The molecule has 2 aromatic heterocycles. The van der Waals surface area contributed by atoms with Crippen molar-refractivity contribution in [2.75, 3.05) is 5.32 Å². The molecule has 0 unspecified atom stereocenters. The van der Waals surface area contributed by atoms with Gasteiger partial charge in [-0.3, -0.25) is 9.59 Å². The van der Waals surface area contributed by atoms with E-state index in [1.165, 1.54) is 6.08 Å². The number of anilines is 1. The molecule has 4 heterocycles. The molecule has 0 aliphatic carbocycles. The number of amides is 2. The zero-order valence-corrected chi connectivity index (χ0v) is 16.2. The minimum absolute atomic E-state index is 0.0280. The summed E-state index contributed by atoms with van der Waals surface area (Å²) in [6.45, 7) is 7.46. The highest BCUT2D eigenvalue weighted by Crippen LogP contribution is 2.36. The number of fused-ring (bicyclic) bond motifs is 3. The molecule has 2 saturated heterocycles. The Kier molecular flexibility index (Phi) is 4.78. The second kappa shape index (κ2) is 7.26. The molecule has 0 saturated carbocycles. The van der Waals surface area contributed by atoms with Gasteiger partial charge in [-0.05, 0) is 45.6 Å². The molecule has 2 aliphatic rings. The van der Waals surface area contributed by atoms with Crippen LogP contribution in [0, 0.1) is 0 Å². The molecule has 4 rings (SSSR count). The molecule has 148 valence electrons. The minimum Gasteiger partial charge on any atom is -0.366 e. The van der Waals surface area contributed by atoms with Crippen LogP contribution in [0.1, 0.15) is 49.9 Å². The van der Waals surface area contributed by atoms with Gasteiger partial charge >= 0.3 is 0 Å². The first-order chi connectivity index (χ1) is 13.5. The average Bonchev–Trinajstić information content (AvgIpc) is 3.19. The summed E-state index contributed by atoms with van der Waals surface area (Å²) in [6.07, 6.45) is 8.56. The third kappa shape index (κ3) is 3.34. The van der Waals surface area contributed by atoms with E-state index in [-0.39, 0.29) is 36.0 Å². The second-order valence-corrected chi connectivity index (χ2v) is 7.93. The summed E-state index contributed by atoms with van der Waals surface area (Å²) in [4.78, 5) is 38.5. The van der Waals surface area contributed by atoms with E-state index in [0.29, 0.717) is 22.5 Å². The van der Waals surface area contributed by atoms with E-state index in [1.54, 1.807) is 12.4 Å². The fraction of sp³-hybridized carbons (Fsp3) is 0.500. The highest BCUT2D eigenvalue weighted by Gasteiger charge is 2.42. The highest BCUT2D eigenvalue weighted by atomic mass is 16.2. The Labute approximate surface area is 163 Å². The van der Waals surface area contributed by atoms with E-state index < -0.39 is 0 Å². The van der Waals surface area contributed by atoms with Crippen LogP contribution in [0.25, 0.3) is 11.2 Å². The number of nitrogens with one attached hydrogen (secondary N) is 3. The van der Waals surface area contributed by atoms with Gasteiger partial charge in [-0.25, -0.2) is 9.97 Å². The number of piperidine rings is 1. The molecule has 2 bridgehead atoms. The Morgan fingerprint density at radius 3 is 2.68 bits per heavy atom. The lowest BCUT2D eigenvalue weighted by atomic mass is 9.97. The number of hydrogen-bond donors (Lipinski definition) is 3. The second-order valence-electron chi connectivity index (χ2n) is 7.93. The molecular formula is C20H26N6O2. The lowest BCUT2D eigenvalue weighted by Gasteiger charge is -2.38. The van der Waals surface area contributed by atoms with Crippen LogP contribution < -0.4 is 10.6 Å². The van der Waals surface area contributed by atoms with Crippen LogP contribution >= 0.6 is 0 Å². The van der Waals surface area contributed by atoms with Crippen LogP contribution in [0.3, 0.4) is 0 Å². The maximum atomic E-state index is 12.4. The van der Waals surface area contributed by atoms with Gasteiger partial charge in [0.25, 0.3) is 5.91 Å². The van der Waals surface area contributed by atoms with E-state index in [0.717, 1.165) is 25.7 Å². The Hall–Kier alpha value is -2.90. The van der Waals surface area contributed by atoms with Gasteiger partial charge in [-0.1, -0.05) is 6.58 Å². The summed E-state index contributed by atoms with van der Waals surface area (Å²) in [5.74, 6) is 0.515. The van der Waals surface area contributed by atoms with Crippen molar-refractivity contribution < 1.29 is 9.59 Å². The normalized spacial score (nSPS) is 23.8. The van der Waals surface area contributed by atoms with Gasteiger partial charge in [0.2, 0.25) is 5.91 Å². The van der Waals surface area contributed by atoms with Gasteiger partial charge in [0.15, 0.2) is 5.65 Å². The van der Waals surface area contributed by atoms with Crippen molar-refractivity contribution in [1.82, 2.24) is 25.2 Å². The zero-order valence-electron chi connectivity index (χ0n) is 16.2. The first kappa shape index (κ1) is 18.5. The largest absolute Gasteiger partial charge is 0.366 e. The Morgan fingerprint density at radius 1 is 1.32 bits per heavy atom. The SMILES string of the molecule is C=CC(=O)N1[C@@H]2CC[C@H]1C[C@H](Nc1cnc3[nH]cc(C(=O)NC(C)C)c3n1)C2. The maximum Gasteiger partial charge on any atom is 0.255 e. The zero-order chi connectivity index (χ0) is 19.8. The van der Waals surface area contributed by atoms with Crippen molar-refractivity contribution in [3.8, 4) is 0 Å². The molecule has 2 fully saturated rings. The molecular weight excluding hydrogens is 356 g/mol. The summed E-state index contributed by atoms with van der Waals surface area (Å²) in [5.41, 5.74) is 1.64. The predicted molar refractivity (Wildman–Crippen MR) is 107 cm³/mol. The maximum absolute atomic E-state index is 12.4. The van der Waals surface area contributed by atoms with Gasteiger partial charge < -0.3 is 20.5 Å². The molecule has 0 radical (unpaired) electrons. The summed E-state index contributed by atoms with van der Waals surface area (Å²) >= 11 is 0. The molecule has 3 atom stereocenters. The lowest BCUT2D eigenvalue weighted by Crippen LogP contribution is -2.49. The Morgan fingerprint density at radius 2 is 2.04 bits per heavy atom. The van der Waals surface area contributed by atoms with Crippen LogP contribution in [-0.4, -0.2) is 55.8 Å². The van der Waals surface area contributed by atoms with E-state index in [2.05, 4.69) is 32.2 Å². The first-order valence-corrected chi connectivity index (χ1v) is 9.82. The summed E-state index contributed by atoms with van der Waals surface area (Å²) in [7, 11) is 0. The fourth-order valence-electron chi connectivity index (χ4n) is 4.44. The average molecular weight is 382 g/mol. The van der Waals surface area contributed by atoms with Crippen LogP contribution in [0.5, 0.6) is 0 Å². The molecule has 3 N–H and O–H groups in total. The van der Waals surface area contributed by atoms with Crippen LogP contribution in [-0.2, 0) is 4.79 Å². The Bertz CT molecular complexity index is 907. The Balaban J connectivity index is 1.51. The van der Waals surface area contributed by atoms with Gasteiger partial charge in [0, 0.05) is 30.4 Å². The van der Waals surface area contributed by atoms with E-state index >= 15 is 0 Å². The quantitative estimate of drug-likeness (QED) is 0.688. The van der Waals surface area contributed by atoms with Crippen molar-refractivity contribution in [2.24, 2.45) is 0 Å². The number of H-pyrrole nitrogens is 1. The molecule has 28 heavy (non-hydrogen) atoms. The van der Waals surface area contributed by atoms with Crippen molar-refractivity contribution in [3.05, 3.63) is 30.6 Å². The van der Waals surface area contributed by atoms with Gasteiger partial charge in [0.1, 0.15) is 11.3 Å². The molecule has 2 aliphatic heterocycles. The third-order valence-electron chi connectivity index (χ3n) is 5.56. The standard InChI is InChI=1S/C20H26N6O2/c1-4-17(27)26-13-5-6-14(26)8-12(7-13)24-16-10-22-19-18(25-16)15(9-21-19)20(28)23-11(2)3/h4,9-14H,1,5-8H2,2-3H3,(H,21,22)(H,23,28)(H,24,25)/t12-,13-,14+. The van der Waals surface area contributed by atoms with Crippen molar-refractivity contribution in [2.45, 2.75) is 63.7 Å². The number of aromatic amines is 1. The first-order valence-electron chi connectivity index (χ1n) is 9.82. The molecule has 8 heteroatoms. The summed E-state index contributed by atoms with van der Waals surface area (Å²) < 4.78 is 0. The number of hydrogen-bond acceptors (Lipinski definition) is 5.